The fourth-order valence-electron chi connectivity index (χ4n) is 2.57. The minimum atomic E-state index is -0.537. The number of benzene rings is 1. The summed E-state index contributed by atoms with van der Waals surface area (Å²) in [6.45, 7) is 4.00. The van der Waals surface area contributed by atoms with E-state index >= 15 is 0 Å². The molecule has 1 unspecified atom stereocenters. The first-order valence-corrected chi connectivity index (χ1v) is 8.04. The lowest BCUT2D eigenvalue weighted by molar-refractivity contribution is -0.384. The van der Waals surface area contributed by atoms with Gasteiger partial charge in [-0.15, -0.1) is 0 Å². The maximum Gasteiger partial charge on any atom is 0.338 e. The minimum absolute atomic E-state index is 0.0834. The van der Waals surface area contributed by atoms with Crippen molar-refractivity contribution in [2.75, 3.05) is 7.11 Å². The number of ether oxygens (including phenoxy) is 2. The van der Waals surface area contributed by atoms with Crippen LogP contribution in [-0.2, 0) is 14.3 Å². The summed E-state index contributed by atoms with van der Waals surface area (Å²) in [6.07, 6.45) is 2.34. The topological polar surface area (TPSA) is 95.7 Å². The summed E-state index contributed by atoms with van der Waals surface area (Å²) >= 11 is 0. The summed E-state index contributed by atoms with van der Waals surface area (Å²) in [7, 11) is 1.34. The SMILES string of the molecule is CC.COC(=O)C1CCC[C@H](OC(=O)c2ccc([N+](=O)[O-])cc2)C1. The van der Waals surface area contributed by atoms with E-state index < -0.39 is 10.9 Å². The Morgan fingerprint density at radius 1 is 1.17 bits per heavy atom. The average molecular weight is 337 g/mol. The molecule has 24 heavy (non-hydrogen) atoms. The zero-order valence-electron chi connectivity index (χ0n) is 14.2. The molecule has 0 bridgehead atoms. The van der Waals surface area contributed by atoms with Gasteiger partial charge in [0, 0.05) is 12.1 Å². The third kappa shape index (κ3) is 5.33. The fourth-order valence-corrected chi connectivity index (χ4v) is 2.57. The summed E-state index contributed by atoms with van der Waals surface area (Å²) in [6, 6.07) is 5.24. The molecule has 132 valence electrons. The van der Waals surface area contributed by atoms with Crippen LogP contribution in [0.4, 0.5) is 5.69 Å². The quantitative estimate of drug-likeness (QED) is 0.474. The number of rotatable bonds is 4. The second kappa shape index (κ2) is 9.64. The van der Waals surface area contributed by atoms with E-state index in [1.165, 1.54) is 31.4 Å². The number of hydrogen-bond acceptors (Lipinski definition) is 6. The number of carbonyl (C=O) groups excluding carboxylic acids is 2. The highest BCUT2D eigenvalue weighted by molar-refractivity contribution is 5.89. The van der Waals surface area contributed by atoms with E-state index in [9.17, 15) is 19.7 Å². The standard InChI is InChI=1S/C15H17NO6.C2H6/c1-21-14(17)11-3-2-4-13(9-11)22-15(18)10-5-7-12(8-6-10)16(19)20;1-2/h5-8,11,13H,2-4,9H2,1H3;1-2H3/t11?,13-;/m0./s1. The number of non-ortho nitro benzene ring substituents is 1. The lowest BCUT2D eigenvalue weighted by atomic mass is 9.87. The predicted molar refractivity (Wildman–Crippen MR) is 87.6 cm³/mol. The van der Waals surface area contributed by atoms with E-state index in [1.807, 2.05) is 13.8 Å². The zero-order valence-corrected chi connectivity index (χ0v) is 14.2. The van der Waals surface area contributed by atoms with Crippen LogP contribution in [0.5, 0.6) is 0 Å². The van der Waals surface area contributed by atoms with Crippen molar-refractivity contribution >= 4 is 17.6 Å². The highest BCUT2D eigenvalue weighted by Gasteiger charge is 2.30. The molecule has 1 aliphatic carbocycles. The van der Waals surface area contributed by atoms with Crippen molar-refractivity contribution in [2.24, 2.45) is 5.92 Å². The van der Waals surface area contributed by atoms with Crippen LogP contribution >= 0.6 is 0 Å². The number of nitrogens with zero attached hydrogens (tertiary/aromatic N) is 1. The molecule has 2 atom stereocenters. The normalized spacial score (nSPS) is 19.5. The van der Waals surface area contributed by atoms with Crippen molar-refractivity contribution in [1.82, 2.24) is 0 Å². The summed E-state index contributed by atoms with van der Waals surface area (Å²) in [4.78, 5) is 33.6. The van der Waals surface area contributed by atoms with Crippen molar-refractivity contribution < 1.29 is 24.0 Å². The highest BCUT2D eigenvalue weighted by atomic mass is 16.6. The Morgan fingerprint density at radius 3 is 2.33 bits per heavy atom. The van der Waals surface area contributed by atoms with Gasteiger partial charge in [0.25, 0.3) is 5.69 Å². The van der Waals surface area contributed by atoms with Crippen LogP contribution < -0.4 is 0 Å². The predicted octanol–water partition coefficient (Wildman–Crippen LogP) is 3.51. The van der Waals surface area contributed by atoms with E-state index in [-0.39, 0.29) is 29.2 Å². The number of esters is 2. The molecule has 2 rings (SSSR count). The molecular formula is C17H23NO6. The number of methoxy groups -OCH3 is 1. The van der Waals surface area contributed by atoms with Crippen LogP contribution in [0.25, 0.3) is 0 Å². The Hall–Kier alpha value is -2.44. The third-order valence-electron chi connectivity index (χ3n) is 3.75. The average Bonchev–Trinajstić information content (AvgIpc) is 2.63. The van der Waals surface area contributed by atoms with Crippen molar-refractivity contribution in [3.05, 3.63) is 39.9 Å². The Kier molecular flexibility index (Phi) is 7.88. The monoisotopic (exact) mass is 337 g/mol. The van der Waals surface area contributed by atoms with E-state index in [1.54, 1.807) is 0 Å². The smallest absolute Gasteiger partial charge is 0.338 e. The summed E-state index contributed by atoms with van der Waals surface area (Å²) < 4.78 is 10.1. The van der Waals surface area contributed by atoms with Crippen LogP contribution in [-0.4, -0.2) is 30.1 Å². The van der Waals surface area contributed by atoms with Gasteiger partial charge < -0.3 is 9.47 Å². The first kappa shape index (κ1) is 19.6. The summed E-state index contributed by atoms with van der Waals surface area (Å²) in [5, 5.41) is 10.6. The van der Waals surface area contributed by atoms with Gasteiger partial charge in [0.15, 0.2) is 0 Å². The number of hydrogen-bond donors (Lipinski definition) is 0. The first-order valence-electron chi connectivity index (χ1n) is 8.04. The van der Waals surface area contributed by atoms with E-state index in [2.05, 4.69) is 0 Å². The molecule has 1 fully saturated rings. The van der Waals surface area contributed by atoms with Crippen molar-refractivity contribution in [1.29, 1.82) is 0 Å². The van der Waals surface area contributed by atoms with Crippen molar-refractivity contribution in [2.45, 2.75) is 45.6 Å². The Balaban J connectivity index is 0.00000139. The van der Waals surface area contributed by atoms with Gasteiger partial charge in [0.2, 0.25) is 0 Å². The van der Waals surface area contributed by atoms with Gasteiger partial charge in [-0.2, -0.15) is 0 Å². The van der Waals surface area contributed by atoms with Gasteiger partial charge in [-0.1, -0.05) is 13.8 Å². The number of carbonyl (C=O) groups is 2. The fraction of sp³-hybridized carbons (Fsp3) is 0.529. The Bertz CT molecular complexity index is 569. The lowest BCUT2D eigenvalue weighted by Gasteiger charge is -2.27. The third-order valence-corrected chi connectivity index (χ3v) is 3.75. The molecule has 0 aliphatic heterocycles. The first-order chi connectivity index (χ1) is 11.5. The Morgan fingerprint density at radius 2 is 1.79 bits per heavy atom. The number of nitro benzene ring substituents is 1. The summed E-state index contributed by atoms with van der Waals surface area (Å²) in [5.41, 5.74) is 0.172. The van der Waals surface area contributed by atoms with Crippen molar-refractivity contribution in [3.63, 3.8) is 0 Å². The lowest BCUT2D eigenvalue weighted by Crippen LogP contribution is -2.30. The van der Waals surface area contributed by atoms with Gasteiger partial charge in [0.1, 0.15) is 6.10 Å². The minimum Gasteiger partial charge on any atom is -0.469 e. The second-order valence-corrected chi connectivity index (χ2v) is 5.22. The van der Waals surface area contributed by atoms with Gasteiger partial charge in [0.05, 0.1) is 23.5 Å². The van der Waals surface area contributed by atoms with Crippen LogP contribution in [0.1, 0.15) is 49.9 Å². The Labute approximate surface area is 141 Å². The molecule has 0 spiro atoms. The second-order valence-electron chi connectivity index (χ2n) is 5.22. The van der Waals surface area contributed by atoms with E-state index in [0.29, 0.717) is 12.8 Å². The molecule has 0 N–H and O–H groups in total. The molecule has 1 aromatic carbocycles. The van der Waals surface area contributed by atoms with Crippen LogP contribution in [0, 0.1) is 16.0 Å². The molecule has 7 heteroatoms. The van der Waals surface area contributed by atoms with Crippen LogP contribution in [0.3, 0.4) is 0 Å². The molecule has 1 aliphatic rings. The molecule has 0 aromatic heterocycles. The largest absolute Gasteiger partial charge is 0.469 e. The zero-order chi connectivity index (χ0) is 18.1. The van der Waals surface area contributed by atoms with E-state index in [4.69, 9.17) is 9.47 Å². The maximum atomic E-state index is 12.0. The summed E-state index contributed by atoms with van der Waals surface area (Å²) in [5.74, 6) is -1.06. The highest BCUT2D eigenvalue weighted by Crippen LogP contribution is 2.28. The van der Waals surface area contributed by atoms with Crippen molar-refractivity contribution in [3.8, 4) is 0 Å². The van der Waals surface area contributed by atoms with Gasteiger partial charge >= 0.3 is 11.9 Å². The molecule has 0 heterocycles. The van der Waals surface area contributed by atoms with E-state index in [0.717, 1.165) is 12.8 Å². The molecule has 0 radical (unpaired) electrons. The molecular weight excluding hydrogens is 314 g/mol. The van der Waals surface area contributed by atoms with Gasteiger partial charge in [-0.3, -0.25) is 14.9 Å². The molecule has 1 saturated carbocycles. The molecule has 0 amide bonds. The van der Waals surface area contributed by atoms with Gasteiger partial charge in [-0.25, -0.2) is 4.79 Å². The molecule has 0 saturated heterocycles. The number of nitro groups is 1. The van der Waals surface area contributed by atoms with Crippen LogP contribution in [0.15, 0.2) is 24.3 Å². The molecule has 7 nitrogen and oxygen atoms in total. The maximum absolute atomic E-state index is 12.0. The van der Waals surface area contributed by atoms with Crippen LogP contribution in [0.2, 0.25) is 0 Å². The molecule has 1 aromatic rings. The van der Waals surface area contributed by atoms with Gasteiger partial charge in [-0.05, 0) is 37.8 Å².